The Labute approximate surface area is 97.4 Å². The van der Waals surface area contributed by atoms with Crippen LogP contribution in [-0.2, 0) is 9.59 Å². The largest absolute Gasteiger partial charge is 0.344 e. The molecule has 1 fully saturated rings. The number of hydrogen-bond acceptors (Lipinski definition) is 2. The van der Waals surface area contributed by atoms with Crippen molar-refractivity contribution in [2.45, 2.75) is 52.6 Å². The number of carbonyl (C=O) groups excluding carboxylic acids is 2. The Hall–Kier alpha value is -1.06. The van der Waals surface area contributed by atoms with Gasteiger partial charge in [0.05, 0.1) is 0 Å². The van der Waals surface area contributed by atoms with Crippen molar-refractivity contribution in [2.24, 2.45) is 5.92 Å². The third kappa shape index (κ3) is 2.97. The molecule has 4 heteroatoms. The molecule has 2 amide bonds. The monoisotopic (exact) mass is 226 g/mol. The van der Waals surface area contributed by atoms with Gasteiger partial charge in [0, 0.05) is 19.0 Å². The average molecular weight is 226 g/mol. The minimum atomic E-state index is -0.337. The SMILES string of the molecule is CCC1NC(=O)CC(C)N(CC(C)C)C1=O. The Morgan fingerprint density at radius 1 is 1.44 bits per heavy atom. The Morgan fingerprint density at radius 3 is 2.56 bits per heavy atom. The van der Waals surface area contributed by atoms with Crippen molar-refractivity contribution in [3.8, 4) is 0 Å². The summed E-state index contributed by atoms with van der Waals surface area (Å²) >= 11 is 0. The lowest BCUT2D eigenvalue weighted by Crippen LogP contribution is -2.47. The molecule has 4 nitrogen and oxygen atoms in total. The van der Waals surface area contributed by atoms with Crippen LogP contribution in [0.15, 0.2) is 0 Å². The zero-order chi connectivity index (χ0) is 12.3. The highest BCUT2D eigenvalue weighted by atomic mass is 16.2. The lowest BCUT2D eigenvalue weighted by molar-refractivity contribution is -0.135. The molecule has 0 radical (unpaired) electrons. The summed E-state index contributed by atoms with van der Waals surface area (Å²) in [5, 5.41) is 2.78. The van der Waals surface area contributed by atoms with Crippen molar-refractivity contribution >= 4 is 11.8 Å². The molecule has 0 spiro atoms. The fourth-order valence-corrected chi connectivity index (χ4v) is 2.05. The minimum absolute atomic E-state index is 0.00597. The van der Waals surface area contributed by atoms with E-state index in [0.29, 0.717) is 18.8 Å². The van der Waals surface area contributed by atoms with Crippen molar-refractivity contribution in [3.05, 3.63) is 0 Å². The van der Waals surface area contributed by atoms with E-state index in [0.717, 1.165) is 6.54 Å². The van der Waals surface area contributed by atoms with Gasteiger partial charge in [-0.25, -0.2) is 0 Å². The smallest absolute Gasteiger partial charge is 0.245 e. The molecule has 0 saturated carbocycles. The molecule has 0 aromatic heterocycles. The summed E-state index contributed by atoms with van der Waals surface area (Å²) in [6.07, 6.45) is 1.07. The molecule has 92 valence electrons. The standard InChI is InChI=1S/C12H22N2O2/c1-5-10-12(16)14(7-8(2)3)9(4)6-11(15)13-10/h8-10H,5-7H2,1-4H3,(H,13,15). The van der Waals surface area contributed by atoms with Gasteiger partial charge in [-0.3, -0.25) is 9.59 Å². The zero-order valence-corrected chi connectivity index (χ0v) is 10.6. The summed E-state index contributed by atoms with van der Waals surface area (Å²) in [5.41, 5.74) is 0. The van der Waals surface area contributed by atoms with E-state index in [1.54, 1.807) is 0 Å². The summed E-state index contributed by atoms with van der Waals surface area (Å²) in [7, 11) is 0. The normalized spacial score (nSPS) is 26.9. The molecule has 0 aromatic rings. The minimum Gasteiger partial charge on any atom is -0.344 e. The van der Waals surface area contributed by atoms with Crippen LogP contribution in [0.5, 0.6) is 0 Å². The number of rotatable bonds is 3. The maximum absolute atomic E-state index is 12.2. The Bertz CT molecular complexity index is 276. The molecule has 1 rings (SSSR count). The first-order chi connectivity index (χ1) is 7.45. The number of nitrogens with zero attached hydrogens (tertiary/aromatic N) is 1. The van der Waals surface area contributed by atoms with Crippen molar-refractivity contribution in [3.63, 3.8) is 0 Å². The molecule has 2 unspecified atom stereocenters. The lowest BCUT2D eigenvalue weighted by atomic mass is 10.1. The molecule has 1 heterocycles. The fraction of sp³-hybridized carbons (Fsp3) is 0.833. The van der Waals surface area contributed by atoms with Gasteiger partial charge in [-0.2, -0.15) is 0 Å². The summed E-state index contributed by atoms with van der Waals surface area (Å²) in [6, 6.07) is -0.331. The third-order valence-corrected chi connectivity index (χ3v) is 2.90. The van der Waals surface area contributed by atoms with Gasteiger partial charge in [0.2, 0.25) is 11.8 Å². The van der Waals surface area contributed by atoms with E-state index in [4.69, 9.17) is 0 Å². The van der Waals surface area contributed by atoms with Gasteiger partial charge < -0.3 is 10.2 Å². The van der Waals surface area contributed by atoms with Crippen LogP contribution >= 0.6 is 0 Å². The van der Waals surface area contributed by atoms with E-state index in [-0.39, 0.29) is 23.9 Å². The number of amides is 2. The van der Waals surface area contributed by atoms with Gasteiger partial charge in [0.1, 0.15) is 6.04 Å². The van der Waals surface area contributed by atoms with E-state index < -0.39 is 0 Å². The topological polar surface area (TPSA) is 49.4 Å². The molecule has 1 saturated heterocycles. The highest BCUT2D eigenvalue weighted by molar-refractivity contribution is 5.90. The van der Waals surface area contributed by atoms with Gasteiger partial charge in [0.15, 0.2) is 0 Å². The van der Waals surface area contributed by atoms with Crippen LogP contribution in [-0.4, -0.2) is 35.3 Å². The molecule has 1 aliphatic rings. The summed E-state index contributed by atoms with van der Waals surface area (Å²) in [4.78, 5) is 25.6. The maximum atomic E-state index is 12.2. The van der Waals surface area contributed by atoms with Crippen molar-refractivity contribution in [2.75, 3.05) is 6.54 Å². The highest BCUT2D eigenvalue weighted by Crippen LogP contribution is 2.14. The molecule has 2 atom stereocenters. The van der Waals surface area contributed by atoms with Crippen molar-refractivity contribution in [1.29, 1.82) is 0 Å². The molecule has 0 aromatic carbocycles. The van der Waals surface area contributed by atoms with E-state index in [9.17, 15) is 9.59 Å². The van der Waals surface area contributed by atoms with Crippen LogP contribution in [0, 0.1) is 5.92 Å². The molecular formula is C12H22N2O2. The molecular weight excluding hydrogens is 204 g/mol. The Morgan fingerprint density at radius 2 is 2.06 bits per heavy atom. The Balaban J connectivity index is 2.85. The second-order valence-electron chi connectivity index (χ2n) is 4.97. The predicted molar refractivity (Wildman–Crippen MR) is 62.9 cm³/mol. The molecule has 1 N–H and O–H groups in total. The van der Waals surface area contributed by atoms with Gasteiger partial charge >= 0.3 is 0 Å². The van der Waals surface area contributed by atoms with Crippen LogP contribution in [0.1, 0.15) is 40.5 Å². The fourth-order valence-electron chi connectivity index (χ4n) is 2.05. The molecule has 1 aliphatic heterocycles. The maximum Gasteiger partial charge on any atom is 0.245 e. The Kier molecular flexibility index (Phi) is 4.33. The summed E-state index contributed by atoms with van der Waals surface area (Å²) in [5.74, 6) is 0.477. The summed E-state index contributed by atoms with van der Waals surface area (Å²) in [6.45, 7) is 8.76. The van der Waals surface area contributed by atoms with E-state index in [2.05, 4.69) is 19.2 Å². The third-order valence-electron chi connectivity index (χ3n) is 2.90. The van der Waals surface area contributed by atoms with Crippen LogP contribution < -0.4 is 5.32 Å². The van der Waals surface area contributed by atoms with Gasteiger partial charge in [-0.05, 0) is 19.3 Å². The second-order valence-corrected chi connectivity index (χ2v) is 4.97. The predicted octanol–water partition coefficient (Wildman–Crippen LogP) is 1.16. The molecule has 0 aliphatic carbocycles. The number of hydrogen-bond donors (Lipinski definition) is 1. The number of carbonyl (C=O) groups is 2. The van der Waals surface area contributed by atoms with Gasteiger partial charge in [-0.15, -0.1) is 0 Å². The van der Waals surface area contributed by atoms with Gasteiger partial charge in [-0.1, -0.05) is 20.8 Å². The van der Waals surface area contributed by atoms with Crippen LogP contribution in [0.2, 0.25) is 0 Å². The first-order valence-electron chi connectivity index (χ1n) is 6.05. The van der Waals surface area contributed by atoms with Crippen molar-refractivity contribution < 1.29 is 9.59 Å². The number of nitrogens with one attached hydrogen (secondary N) is 1. The van der Waals surface area contributed by atoms with E-state index in [1.165, 1.54) is 0 Å². The van der Waals surface area contributed by atoms with Crippen molar-refractivity contribution in [1.82, 2.24) is 10.2 Å². The first kappa shape index (κ1) is 13.0. The molecule has 0 bridgehead atoms. The molecule has 16 heavy (non-hydrogen) atoms. The zero-order valence-electron chi connectivity index (χ0n) is 10.6. The van der Waals surface area contributed by atoms with Crippen LogP contribution in [0.3, 0.4) is 0 Å². The van der Waals surface area contributed by atoms with Crippen LogP contribution in [0.25, 0.3) is 0 Å². The van der Waals surface area contributed by atoms with Gasteiger partial charge in [0.25, 0.3) is 0 Å². The quantitative estimate of drug-likeness (QED) is 0.785. The highest BCUT2D eigenvalue weighted by Gasteiger charge is 2.32. The first-order valence-corrected chi connectivity index (χ1v) is 6.05. The lowest BCUT2D eigenvalue weighted by Gasteiger charge is -2.30. The second kappa shape index (κ2) is 5.32. The van der Waals surface area contributed by atoms with E-state index >= 15 is 0 Å². The average Bonchev–Trinajstić information content (AvgIpc) is 2.29. The van der Waals surface area contributed by atoms with Crippen LogP contribution in [0.4, 0.5) is 0 Å². The summed E-state index contributed by atoms with van der Waals surface area (Å²) < 4.78 is 0. The van der Waals surface area contributed by atoms with E-state index in [1.807, 2.05) is 18.7 Å².